The summed E-state index contributed by atoms with van der Waals surface area (Å²) < 4.78 is 12.2. The van der Waals surface area contributed by atoms with Crippen LogP contribution in [-0.4, -0.2) is 41.9 Å². The Balaban J connectivity index is 1.44. The minimum Gasteiger partial charge on any atom is -0.392 e. The number of rotatable bonds is 3. The third-order valence-corrected chi connectivity index (χ3v) is 11.6. The molecule has 1 aliphatic heterocycles. The third-order valence-electron chi connectivity index (χ3n) is 11.6. The quantitative estimate of drug-likeness (QED) is 0.504. The van der Waals surface area contributed by atoms with Gasteiger partial charge in [0, 0.05) is 24.9 Å². The molecule has 4 fully saturated rings. The van der Waals surface area contributed by atoms with Crippen molar-refractivity contribution in [2.45, 2.75) is 111 Å². The van der Waals surface area contributed by atoms with Gasteiger partial charge in [0.15, 0.2) is 6.29 Å². The van der Waals surface area contributed by atoms with Gasteiger partial charge in [-0.05, 0) is 86.9 Å². The van der Waals surface area contributed by atoms with E-state index in [2.05, 4.69) is 53.7 Å². The van der Waals surface area contributed by atoms with Crippen molar-refractivity contribution in [2.75, 3.05) is 7.11 Å². The van der Waals surface area contributed by atoms with Crippen LogP contribution in [0.4, 0.5) is 0 Å². The first-order valence-electron chi connectivity index (χ1n) is 13.8. The Kier molecular flexibility index (Phi) is 6.20. The molecule has 1 saturated heterocycles. The maximum absolute atomic E-state index is 11.4. The van der Waals surface area contributed by atoms with Gasteiger partial charge in [-0.3, -0.25) is 0 Å². The highest BCUT2D eigenvalue weighted by atomic mass is 16.7. The summed E-state index contributed by atoms with van der Waals surface area (Å²) in [6, 6.07) is 0. The van der Waals surface area contributed by atoms with Gasteiger partial charge in [-0.1, -0.05) is 51.0 Å². The molecular weight excluding hydrogens is 424 g/mol. The highest BCUT2D eigenvalue weighted by Gasteiger charge is 2.64. The SMILES string of the molecule is CO[C@H]1O[C@H](C=C(C)C)C[C@H]1[C@@H]1CC[C@]2(C)C3=CC[C@H]4C(C)(C)[C@H](O)C[C@H](O)[C@]4(C)[C@@H]3CC[C@@H]12. The van der Waals surface area contributed by atoms with E-state index in [0.29, 0.717) is 36.0 Å². The number of hydrogen-bond donors (Lipinski definition) is 2. The summed E-state index contributed by atoms with van der Waals surface area (Å²) >= 11 is 0. The second kappa shape index (κ2) is 8.43. The second-order valence-corrected chi connectivity index (χ2v) is 13.7. The van der Waals surface area contributed by atoms with Crippen molar-refractivity contribution in [3.63, 3.8) is 0 Å². The van der Waals surface area contributed by atoms with Gasteiger partial charge in [0.1, 0.15) is 0 Å². The number of hydrogen-bond acceptors (Lipinski definition) is 4. The van der Waals surface area contributed by atoms with Crippen LogP contribution in [0.25, 0.3) is 0 Å². The van der Waals surface area contributed by atoms with Gasteiger partial charge < -0.3 is 19.7 Å². The Hall–Kier alpha value is -0.680. The molecule has 11 atom stereocenters. The molecule has 0 amide bonds. The Morgan fingerprint density at radius 3 is 2.44 bits per heavy atom. The zero-order valence-corrected chi connectivity index (χ0v) is 22.5. The van der Waals surface area contributed by atoms with Crippen LogP contribution in [0, 0.1) is 45.8 Å². The van der Waals surface area contributed by atoms with Crippen molar-refractivity contribution in [3.05, 3.63) is 23.3 Å². The third kappa shape index (κ3) is 3.45. The molecule has 4 nitrogen and oxygen atoms in total. The molecule has 0 aromatic rings. The molecule has 0 aromatic heterocycles. The van der Waals surface area contributed by atoms with Gasteiger partial charge in [0.25, 0.3) is 0 Å². The highest BCUT2D eigenvalue weighted by Crippen LogP contribution is 2.69. The molecule has 0 unspecified atom stereocenters. The Labute approximate surface area is 207 Å². The molecule has 1 heterocycles. The maximum atomic E-state index is 11.4. The fraction of sp³-hybridized carbons (Fsp3) is 0.867. The normalized spacial score (nSPS) is 51.8. The number of aliphatic hydroxyl groups excluding tert-OH is 2. The summed E-state index contributed by atoms with van der Waals surface area (Å²) in [5.41, 5.74) is 2.82. The van der Waals surface area contributed by atoms with Crippen LogP contribution in [0.15, 0.2) is 23.3 Å². The fourth-order valence-electron chi connectivity index (χ4n) is 9.76. The maximum Gasteiger partial charge on any atom is 0.161 e. The zero-order valence-electron chi connectivity index (χ0n) is 22.5. The average molecular weight is 473 g/mol. The van der Waals surface area contributed by atoms with E-state index < -0.39 is 12.2 Å². The summed E-state index contributed by atoms with van der Waals surface area (Å²) in [6.45, 7) is 13.6. The molecule has 3 saturated carbocycles. The van der Waals surface area contributed by atoms with E-state index in [1.165, 1.54) is 24.8 Å². The molecule has 0 radical (unpaired) electrons. The summed E-state index contributed by atoms with van der Waals surface area (Å²) in [6.07, 6.45) is 11.4. The molecule has 192 valence electrons. The lowest BCUT2D eigenvalue weighted by molar-refractivity contribution is -0.186. The first kappa shape index (κ1) is 25.0. The van der Waals surface area contributed by atoms with E-state index >= 15 is 0 Å². The number of ether oxygens (including phenoxy) is 2. The van der Waals surface area contributed by atoms with Crippen LogP contribution in [0.5, 0.6) is 0 Å². The zero-order chi connectivity index (χ0) is 24.6. The van der Waals surface area contributed by atoms with Crippen LogP contribution in [0.3, 0.4) is 0 Å². The van der Waals surface area contributed by atoms with Gasteiger partial charge in [0.05, 0.1) is 18.3 Å². The molecule has 2 N–H and O–H groups in total. The minimum atomic E-state index is -0.433. The summed E-state index contributed by atoms with van der Waals surface area (Å²) in [7, 11) is 1.80. The molecule has 0 spiro atoms. The van der Waals surface area contributed by atoms with Crippen molar-refractivity contribution in [1.82, 2.24) is 0 Å². The summed E-state index contributed by atoms with van der Waals surface area (Å²) in [4.78, 5) is 0. The van der Waals surface area contributed by atoms with E-state index in [4.69, 9.17) is 9.47 Å². The Morgan fingerprint density at radius 1 is 1.03 bits per heavy atom. The smallest absolute Gasteiger partial charge is 0.161 e. The molecule has 34 heavy (non-hydrogen) atoms. The highest BCUT2D eigenvalue weighted by molar-refractivity contribution is 5.32. The van der Waals surface area contributed by atoms with Crippen molar-refractivity contribution < 1.29 is 19.7 Å². The van der Waals surface area contributed by atoms with E-state index in [1.54, 1.807) is 12.7 Å². The largest absolute Gasteiger partial charge is 0.392 e. The predicted octanol–water partition coefficient (Wildman–Crippen LogP) is 5.88. The van der Waals surface area contributed by atoms with Gasteiger partial charge >= 0.3 is 0 Å². The van der Waals surface area contributed by atoms with Crippen LogP contribution in [-0.2, 0) is 9.47 Å². The lowest BCUT2D eigenvalue weighted by Gasteiger charge is -2.63. The summed E-state index contributed by atoms with van der Waals surface area (Å²) in [5.74, 6) is 2.48. The first-order valence-corrected chi connectivity index (χ1v) is 13.8. The molecule has 5 aliphatic rings. The topological polar surface area (TPSA) is 58.9 Å². The van der Waals surface area contributed by atoms with Crippen molar-refractivity contribution in [2.24, 2.45) is 45.8 Å². The number of methoxy groups -OCH3 is 1. The van der Waals surface area contributed by atoms with E-state index in [9.17, 15) is 10.2 Å². The fourth-order valence-corrected chi connectivity index (χ4v) is 9.76. The number of allylic oxidation sites excluding steroid dienone is 3. The predicted molar refractivity (Wildman–Crippen MR) is 135 cm³/mol. The van der Waals surface area contributed by atoms with Gasteiger partial charge in [0.2, 0.25) is 0 Å². The lowest BCUT2D eigenvalue weighted by atomic mass is 9.42. The Bertz CT molecular complexity index is 856. The van der Waals surface area contributed by atoms with E-state index in [-0.39, 0.29) is 28.6 Å². The van der Waals surface area contributed by atoms with Gasteiger partial charge in [-0.2, -0.15) is 0 Å². The molecule has 0 bridgehead atoms. The van der Waals surface area contributed by atoms with E-state index in [1.807, 2.05) is 0 Å². The standard InChI is InChI=1S/C30H48O4/c1-17(2)14-18-15-20(27(33-7)34-18)19-12-13-29(5)21(19)8-9-23-22(29)10-11-24-28(3,4)25(31)16-26(32)30(23,24)6/h10,14,18-21,23-27,31-32H,8-9,11-13,15-16H2,1-7H3/t18-,19+,20+,21+,23-,24+,25-,26+,27+,29+,30-/m1/s1. The van der Waals surface area contributed by atoms with Crippen LogP contribution < -0.4 is 0 Å². The minimum absolute atomic E-state index is 0.102. The van der Waals surface area contributed by atoms with Crippen LogP contribution in [0.1, 0.15) is 86.5 Å². The first-order chi connectivity index (χ1) is 15.9. The molecule has 0 aromatic carbocycles. The molecule has 5 rings (SSSR count). The number of fused-ring (bicyclic) bond motifs is 5. The molecule has 4 heteroatoms. The lowest BCUT2D eigenvalue weighted by Crippen LogP contribution is -2.62. The monoisotopic (exact) mass is 472 g/mol. The number of aliphatic hydroxyl groups is 2. The second-order valence-electron chi connectivity index (χ2n) is 13.7. The van der Waals surface area contributed by atoms with Gasteiger partial charge in [-0.15, -0.1) is 0 Å². The average Bonchev–Trinajstić information content (AvgIpc) is 3.32. The molecule has 4 aliphatic carbocycles. The van der Waals surface area contributed by atoms with Crippen molar-refractivity contribution in [3.8, 4) is 0 Å². The van der Waals surface area contributed by atoms with Crippen molar-refractivity contribution in [1.29, 1.82) is 0 Å². The van der Waals surface area contributed by atoms with Crippen LogP contribution >= 0.6 is 0 Å². The summed E-state index contributed by atoms with van der Waals surface area (Å²) in [5, 5.41) is 22.2. The molecular formula is C30H48O4. The van der Waals surface area contributed by atoms with Crippen molar-refractivity contribution >= 4 is 0 Å². The van der Waals surface area contributed by atoms with E-state index in [0.717, 1.165) is 19.3 Å². The Morgan fingerprint density at radius 2 is 1.76 bits per heavy atom. The van der Waals surface area contributed by atoms with Gasteiger partial charge in [-0.25, -0.2) is 0 Å². The van der Waals surface area contributed by atoms with Crippen LogP contribution in [0.2, 0.25) is 0 Å².